The van der Waals surface area contributed by atoms with Gasteiger partial charge in [0.2, 0.25) is 11.8 Å². The van der Waals surface area contributed by atoms with E-state index in [1.54, 1.807) is 24.3 Å². The lowest BCUT2D eigenvalue weighted by molar-refractivity contribution is -0.119. The van der Waals surface area contributed by atoms with Gasteiger partial charge in [-0.25, -0.2) is 4.79 Å². The van der Waals surface area contributed by atoms with Crippen molar-refractivity contribution < 1.29 is 14.4 Å². The van der Waals surface area contributed by atoms with Crippen LogP contribution in [-0.4, -0.2) is 17.8 Å². The molecule has 0 bridgehead atoms. The SMILES string of the molecule is CC(C)C(=O)Nc1ccc(NC(=O)CC(NC(N)=O)c2cccs2)cc1. The van der Waals surface area contributed by atoms with Crippen LogP contribution in [0.25, 0.3) is 0 Å². The number of nitrogens with two attached hydrogens (primary N) is 1. The third-order valence-corrected chi connectivity index (χ3v) is 4.54. The molecule has 2 rings (SSSR count). The highest BCUT2D eigenvalue weighted by Gasteiger charge is 2.18. The van der Waals surface area contributed by atoms with Crippen LogP contribution in [0.5, 0.6) is 0 Å². The maximum atomic E-state index is 12.3. The smallest absolute Gasteiger partial charge is 0.312 e. The molecule has 0 aliphatic carbocycles. The maximum Gasteiger partial charge on any atom is 0.312 e. The average Bonchev–Trinajstić information content (AvgIpc) is 3.10. The van der Waals surface area contributed by atoms with Gasteiger partial charge in [0.15, 0.2) is 0 Å². The summed E-state index contributed by atoms with van der Waals surface area (Å²) in [5.41, 5.74) is 6.45. The molecule has 26 heavy (non-hydrogen) atoms. The van der Waals surface area contributed by atoms with Crippen molar-refractivity contribution in [2.45, 2.75) is 26.3 Å². The first kappa shape index (κ1) is 19.5. The second-order valence-corrected chi connectivity index (χ2v) is 7.03. The van der Waals surface area contributed by atoms with Crippen LogP contribution in [0.15, 0.2) is 41.8 Å². The van der Waals surface area contributed by atoms with Crippen molar-refractivity contribution >= 4 is 40.6 Å². The zero-order chi connectivity index (χ0) is 19.1. The van der Waals surface area contributed by atoms with Gasteiger partial charge in [-0.15, -0.1) is 11.3 Å². The predicted molar refractivity (Wildman–Crippen MR) is 103 cm³/mol. The second kappa shape index (κ2) is 9.00. The molecule has 1 aromatic heterocycles. The van der Waals surface area contributed by atoms with Crippen molar-refractivity contribution in [3.8, 4) is 0 Å². The van der Waals surface area contributed by atoms with Crippen LogP contribution in [0.4, 0.5) is 16.2 Å². The van der Waals surface area contributed by atoms with Crippen LogP contribution in [0.2, 0.25) is 0 Å². The molecule has 1 atom stereocenters. The summed E-state index contributed by atoms with van der Waals surface area (Å²) in [5.74, 6) is -0.435. The molecular weight excluding hydrogens is 352 g/mol. The largest absolute Gasteiger partial charge is 0.352 e. The minimum Gasteiger partial charge on any atom is -0.352 e. The van der Waals surface area contributed by atoms with Gasteiger partial charge >= 0.3 is 6.03 Å². The topological polar surface area (TPSA) is 113 Å². The molecule has 0 radical (unpaired) electrons. The number of anilines is 2. The summed E-state index contributed by atoms with van der Waals surface area (Å²) in [7, 11) is 0. The average molecular weight is 374 g/mol. The minimum atomic E-state index is -0.679. The number of hydrogen-bond donors (Lipinski definition) is 4. The van der Waals surface area contributed by atoms with Gasteiger partial charge in [0.1, 0.15) is 0 Å². The molecule has 5 N–H and O–H groups in total. The summed E-state index contributed by atoms with van der Waals surface area (Å²) in [5, 5.41) is 10.0. The Morgan fingerprint density at radius 3 is 2.15 bits per heavy atom. The summed E-state index contributed by atoms with van der Waals surface area (Å²) in [4.78, 5) is 36.0. The quantitative estimate of drug-likeness (QED) is 0.597. The predicted octanol–water partition coefficient (Wildman–Crippen LogP) is 3.08. The number of carbonyl (C=O) groups excluding carboxylic acids is 3. The number of amides is 4. The van der Waals surface area contributed by atoms with Gasteiger partial charge in [0, 0.05) is 22.2 Å². The van der Waals surface area contributed by atoms with Crippen molar-refractivity contribution in [3.63, 3.8) is 0 Å². The Morgan fingerprint density at radius 2 is 1.65 bits per heavy atom. The Morgan fingerprint density at radius 1 is 1.04 bits per heavy atom. The number of hydrogen-bond acceptors (Lipinski definition) is 4. The fourth-order valence-electron chi connectivity index (χ4n) is 2.20. The van der Waals surface area contributed by atoms with Gasteiger partial charge in [-0.3, -0.25) is 9.59 Å². The number of benzene rings is 1. The molecule has 8 heteroatoms. The molecule has 0 aliphatic rings. The maximum absolute atomic E-state index is 12.3. The number of nitrogens with one attached hydrogen (secondary N) is 3. The van der Waals surface area contributed by atoms with Crippen LogP contribution >= 0.6 is 11.3 Å². The van der Waals surface area contributed by atoms with E-state index in [-0.39, 0.29) is 24.2 Å². The van der Waals surface area contributed by atoms with Gasteiger partial charge in [0.25, 0.3) is 0 Å². The van der Waals surface area contributed by atoms with Gasteiger partial charge in [-0.2, -0.15) is 0 Å². The molecule has 0 aliphatic heterocycles. The highest BCUT2D eigenvalue weighted by Crippen LogP contribution is 2.23. The van der Waals surface area contributed by atoms with Crippen molar-refractivity contribution in [1.29, 1.82) is 0 Å². The van der Waals surface area contributed by atoms with E-state index in [0.29, 0.717) is 11.4 Å². The zero-order valence-corrected chi connectivity index (χ0v) is 15.4. The Kier molecular flexibility index (Phi) is 6.74. The van der Waals surface area contributed by atoms with Crippen molar-refractivity contribution in [2.24, 2.45) is 11.7 Å². The van der Waals surface area contributed by atoms with Gasteiger partial charge in [-0.05, 0) is 35.7 Å². The lowest BCUT2D eigenvalue weighted by atomic mass is 10.1. The molecule has 0 spiro atoms. The van der Waals surface area contributed by atoms with E-state index in [0.717, 1.165) is 4.88 Å². The monoisotopic (exact) mass is 374 g/mol. The molecule has 0 saturated carbocycles. The van der Waals surface area contributed by atoms with Crippen LogP contribution in [0.3, 0.4) is 0 Å². The van der Waals surface area contributed by atoms with Gasteiger partial charge in [-0.1, -0.05) is 19.9 Å². The molecule has 1 heterocycles. The highest BCUT2D eigenvalue weighted by atomic mass is 32.1. The van der Waals surface area contributed by atoms with Crippen LogP contribution in [0.1, 0.15) is 31.2 Å². The van der Waals surface area contributed by atoms with Crippen molar-refractivity contribution in [2.75, 3.05) is 10.6 Å². The summed E-state index contributed by atoms with van der Waals surface area (Å²) in [6, 6.07) is 9.37. The summed E-state index contributed by atoms with van der Waals surface area (Å²) < 4.78 is 0. The molecule has 4 amide bonds. The van der Waals surface area contributed by atoms with Crippen molar-refractivity contribution in [1.82, 2.24) is 5.32 Å². The molecule has 2 aromatic rings. The molecule has 1 unspecified atom stereocenters. The number of primary amides is 1. The number of carbonyl (C=O) groups is 3. The van der Waals surface area contributed by atoms with E-state index < -0.39 is 12.1 Å². The van der Waals surface area contributed by atoms with E-state index in [2.05, 4.69) is 16.0 Å². The lowest BCUT2D eigenvalue weighted by Crippen LogP contribution is -2.34. The van der Waals surface area contributed by atoms with E-state index in [1.165, 1.54) is 11.3 Å². The number of rotatable bonds is 7. The third-order valence-electron chi connectivity index (χ3n) is 3.55. The van der Waals surface area contributed by atoms with Crippen LogP contribution < -0.4 is 21.7 Å². The molecule has 138 valence electrons. The first-order valence-electron chi connectivity index (χ1n) is 8.15. The molecular formula is C18H22N4O3S. The van der Waals surface area contributed by atoms with Crippen LogP contribution in [-0.2, 0) is 9.59 Å². The third kappa shape index (κ3) is 5.89. The standard InChI is InChI=1S/C18H22N4O3S/c1-11(2)17(24)21-13-7-5-12(6-8-13)20-16(23)10-14(22-18(19)25)15-4-3-9-26-15/h3-9,11,14H,10H2,1-2H3,(H,20,23)(H,21,24)(H3,19,22,25). The Balaban J connectivity index is 1.95. The summed E-state index contributed by atoms with van der Waals surface area (Å²) in [6.45, 7) is 3.63. The molecule has 0 fully saturated rings. The van der Waals surface area contributed by atoms with E-state index in [4.69, 9.17) is 5.73 Å². The van der Waals surface area contributed by atoms with E-state index >= 15 is 0 Å². The Labute approximate surface area is 156 Å². The fourth-order valence-corrected chi connectivity index (χ4v) is 2.98. The first-order valence-corrected chi connectivity index (χ1v) is 9.03. The Bertz CT molecular complexity index is 757. The fraction of sp³-hybridized carbons (Fsp3) is 0.278. The lowest BCUT2D eigenvalue weighted by Gasteiger charge is -2.16. The summed E-state index contributed by atoms with van der Waals surface area (Å²) in [6.07, 6.45) is 0.0648. The molecule has 0 saturated heterocycles. The normalized spacial score (nSPS) is 11.7. The first-order chi connectivity index (χ1) is 12.3. The minimum absolute atomic E-state index is 0.0648. The van der Waals surface area contributed by atoms with Crippen LogP contribution in [0, 0.1) is 5.92 Å². The summed E-state index contributed by atoms with van der Waals surface area (Å²) >= 11 is 1.44. The van der Waals surface area contributed by atoms with Gasteiger partial charge in [0.05, 0.1) is 12.5 Å². The molecule has 1 aromatic carbocycles. The Hall–Kier alpha value is -2.87. The van der Waals surface area contributed by atoms with Crippen molar-refractivity contribution in [3.05, 3.63) is 46.7 Å². The van der Waals surface area contributed by atoms with E-state index in [9.17, 15) is 14.4 Å². The van der Waals surface area contributed by atoms with Gasteiger partial charge < -0.3 is 21.7 Å². The van der Waals surface area contributed by atoms with E-state index in [1.807, 2.05) is 31.4 Å². The highest BCUT2D eigenvalue weighted by molar-refractivity contribution is 7.10. The zero-order valence-electron chi connectivity index (χ0n) is 14.6. The second-order valence-electron chi connectivity index (χ2n) is 6.05. The number of urea groups is 1. The number of thiophene rings is 1. The molecule has 7 nitrogen and oxygen atoms in total.